The number of hydrogen-bond acceptors (Lipinski definition) is 4. The zero-order valence-corrected chi connectivity index (χ0v) is 10.2. The van der Waals surface area contributed by atoms with Crippen LogP contribution in [0.15, 0.2) is 16.2 Å². The third-order valence-electron chi connectivity index (χ3n) is 2.40. The number of pyridine rings is 1. The highest BCUT2D eigenvalue weighted by Crippen LogP contribution is 2.23. The van der Waals surface area contributed by atoms with Crippen molar-refractivity contribution in [3.8, 4) is 11.3 Å². The molecule has 2 heterocycles. The molecule has 0 atom stereocenters. The fraction of sp³-hybridized carbons (Fsp3) is 0.182. The van der Waals surface area contributed by atoms with Gasteiger partial charge in [0.25, 0.3) is 11.5 Å². The van der Waals surface area contributed by atoms with E-state index in [4.69, 9.17) is 5.73 Å². The van der Waals surface area contributed by atoms with Crippen molar-refractivity contribution in [3.63, 3.8) is 0 Å². The molecule has 0 aliphatic heterocycles. The Morgan fingerprint density at radius 2 is 2.18 bits per heavy atom. The molecule has 0 saturated carbocycles. The number of H-pyrrole nitrogens is 1. The Bertz CT molecular complexity index is 642. The van der Waals surface area contributed by atoms with Crippen LogP contribution in [0.4, 0.5) is 0 Å². The van der Waals surface area contributed by atoms with Gasteiger partial charge in [0.15, 0.2) is 0 Å². The van der Waals surface area contributed by atoms with Gasteiger partial charge in [0.2, 0.25) is 0 Å². The number of aromatic amines is 1. The Morgan fingerprint density at radius 1 is 1.47 bits per heavy atom. The van der Waals surface area contributed by atoms with Gasteiger partial charge in [0, 0.05) is 16.6 Å². The highest BCUT2D eigenvalue weighted by molar-refractivity contribution is 7.09. The molecule has 2 rings (SSSR count). The number of carbonyl (C=O) groups is 1. The second kappa shape index (κ2) is 4.14. The molecule has 0 fully saturated rings. The highest BCUT2D eigenvalue weighted by atomic mass is 32.1. The average molecular weight is 249 g/mol. The van der Waals surface area contributed by atoms with Crippen LogP contribution in [0, 0.1) is 13.8 Å². The van der Waals surface area contributed by atoms with E-state index in [1.807, 2.05) is 12.3 Å². The minimum Gasteiger partial charge on any atom is -0.365 e. The van der Waals surface area contributed by atoms with Crippen molar-refractivity contribution in [2.75, 3.05) is 0 Å². The van der Waals surface area contributed by atoms with Crippen LogP contribution in [0.3, 0.4) is 0 Å². The molecule has 0 saturated heterocycles. The molecule has 3 N–H and O–H groups in total. The number of hydrogen-bond donors (Lipinski definition) is 2. The SMILES string of the molecule is Cc1nc(-c2cc(C(N)=O)c(=O)[nH]c2C)cs1. The zero-order valence-electron chi connectivity index (χ0n) is 9.40. The van der Waals surface area contributed by atoms with Crippen LogP contribution >= 0.6 is 11.3 Å². The fourth-order valence-corrected chi connectivity index (χ4v) is 2.17. The van der Waals surface area contributed by atoms with Gasteiger partial charge < -0.3 is 10.7 Å². The Labute approximate surface area is 101 Å². The first kappa shape index (κ1) is 11.5. The molecule has 5 nitrogen and oxygen atoms in total. The summed E-state index contributed by atoms with van der Waals surface area (Å²) in [4.78, 5) is 29.5. The second-order valence-electron chi connectivity index (χ2n) is 3.67. The maximum Gasteiger partial charge on any atom is 0.261 e. The van der Waals surface area contributed by atoms with E-state index in [-0.39, 0.29) is 5.56 Å². The van der Waals surface area contributed by atoms with Crippen molar-refractivity contribution in [1.29, 1.82) is 0 Å². The lowest BCUT2D eigenvalue weighted by Crippen LogP contribution is -2.24. The quantitative estimate of drug-likeness (QED) is 0.838. The van der Waals surface area contributed by atoms with Gasteiger partial charge in [-0.05, 0) is 19.9 Å². The van der Waals surface area contributed by atoms with Gasteiger partial charge >= 0.3 is 0 Å². The van der Waals surface area contributed by atoms with Crippen LogP contribution in [0.1, 0.15) is 21.1 Å². The lowest BCUT2D eigenvalue weighted by atomic mass is 10.1. The van der Waals surface area contributed by atoms with E-state index in [1.165, 1.54) is 17.4 Å². The van der Waals surface area contributed by atoms with Crippen molar-refractivity contribution in [2.24, 2.45) is 5.73 Å². The molecule has 0 radical (unpaired) electrons. The number of thiazole rings is 1. The standard InChI is InChI=1S/C11H11N3O2S/c1-5-7(9-4-17-6(2)14-9)3-8(10(12)15)11(16)13-5/h3-4H,1-2H3,(H2,12,15)(H,13,16). The third-order valence-corrected chi connectivity index (χ3v) is 3.17. The highest BCUT2D eigenvalue weighted by Gasteiger charge is 2.13. The summed E-state index contributed by atoms with van der Waals surface area (Å²) in [5.41, 5.74) is 6.76. The monoisotopic (exact) mass is 249 g/mol. The molecule has 6 heteroatoms. The van der Waals surface area contributed by atoms with Gasteiger partial charge in [0.1, 0.15) is 5.56 Å². The first-order valence-corrected chi connectivity index (χ1v) is 5.83. The number of nitrogens with two attached hydrogens (primary N) is 1. The molecule has 0 aromatic carbocycles. The van der Waals surface area contributed by atoms with Crippen LogP contribution in [0.25, 0.3) is 11.3 Å². The number of aromatic nitrogens is 2. The number of primary amides is 1. The number of aryl methyl sites for hydroxylation is 2. The topological polar surface area (TPSA) is 88.8 Å². The number of amides is 1. The molecule has 2 aromatic rings. The zero-order chi connectivity index (χ0) is 12.6. The van der Waals surface area contributed by atoms with Gasteiger partial charge in [-0.2, -0.15) is 0 Å². The molecule has 88 valence electrons. The van der Waals surface area contributed by atoms with Crippen LogP contribution in [-0.4, -0.2) is 15.9 Å². The van der Waals surface area contributed by atoms with Gasteiger partial charge in [-0.25, -0.2) is 4.98 Å². The minimum atomic E-state index is -0.737. The van der Waals surface area contributed by atoms with Crippen LogP contribution in [-0.2, 0) is 0 Å². The normalized spacial score (nSPS) is 10.5. The molecule has 0 aliphatic rings. The molecule has 2 aromatic heterocycles. The van der Waals surface area contributed by atoms with E-state index in [0.29, 0.717) is 5.69 Å². The van der Waals surface area contributed by atoms with E-state index < -0.39 is 11.5 Å². The summed E-state index contributed by atoms with van der Waals surface area (Å²) >= 11 is 1.51. The number of rotatable bonds is 2. The summed E-state index contributed by atoms with van der Waals surface area (Å²) in [5.74, 6) is -0.737. The summed E-state index contributed by atoms with van der Waals surface area (Å²) in [6.07, 6.45) is 0. The lowest BCUT2D eigenvalue weighted by molar-refractivity contribution is 0.0999. The lowest BCUT2D eigenvalue weighted by Gasteiger charge is -2.04. The van der Waals surface area contributed by atoms with Gasteiger partial charge in [-0.3, -0.25) is 9.59 Å². The van der Waals surface area contributed by atoms with Crippen LogP contribution in [0.5, 0.6) is 0 Å². The predicted molar refractivity (Wildman–Crippen MR) is 66.2 cm³/mol. The number of nitrogens with one attached hydrogen (secondary N) is 1. The van der Waals surface area contributed by atoms with E-state index in [0.717, 1.165) is 16.3 Å². The smallest absolute Gasteiger partial charge is 0.261 e. The molecule has 0 unspecified atom stereocenters. The molecule has 0 bridgehead atoms. The van der Waals surface area contributed by atoms with E-state index in [2.05, 4.69) is 9.97 Å². The molecular formula is C11H11N3O2S. The average Bonchev–Trinajstić information content (AvgIpc) is 2.64. The second-order valence-corrected chi connectivity index (χ2v) is 4.73. The fourth-order valence-electron chi connectivity index (χ4n) is 1.56. The Kier molecular flexibility index (Phi) is 2.81. The Balaban J connectivity index is 2.66. The van der Waals surface area contributed by atoms with Crippen molar-refractivity contribution in [1.82, 2.24) is 9.97 Å². The first-order valence-electron chi connectivity index (χ1n) is 4.95. The number of carbonyl (C=O) groups excluding carboxylic acids is 1. The summed E-state index contributed by atoms with van der Waals surface area (Å²) in [6.45, 7) is 3.65. The molecule has 1 amide bonds. The molecule has 17 heavy (non-hydrogen) atoms. The molecular weight excluding hydrogens is 238 g/mol. The van der Waals surface area contributed by atoms with Crippen molar-refractivity contribution in [2.45, 2.75) is 13.8 Å². The number of nitrogens with zero attached hydrogens (tertiary/aromatic N) is 1. The van der Waals surface area contributed by atoms with Crippen molar-refractivity contribution >= 4 is 17.2 Å². The van der Waals surface area contributed by atoms with Crippen molar-refractivity contribution < 1.29 is 4.79 Å². The largest absolute Gasteiger partial charge is 0.365 e. The summed E-state index contributed by atoms with van der Waals surface area (Å²) < 4.78 is 0. The van der Waals surface area contributed by atoms with Crippen molar-refractivity contribution in [3.05, 3.63) is 38.1 Å². The van der Waals surface area contributed by atoms with Gasteiger partial charge in [-0.1, -0.05) is 0 Å². The van der Waals surface area contributed by atoms with E-state index in [9.17, 15) is 9.59 Å². The predicted octanol–water partition coefficient (Wildman–Crippen LogP) is 1.21. The Hall–Kier alpha value is -1.95. The van der Waals surface area contributed by atoms with Crippen LogP contribution < -0.4 is 11.3 Å². The van der Waals surface area contributed by atoms with Crippen LogP contribution in [0.2, 0.25) is 0 Å². The van der Waals surface area contributed by atoms with E-state index >= 15 is 0 Å². The van der Waals surface area contributed by atoms with E-state index in [1.54, 1.807) is 6.92 Å². The van der Waals surface area contributed by atoms with Gasteiger partial charge in [-0.15, -0.1) is 11.3 Å². The summed E-state index contributed by atoms with van der Waals surface area (Å²) in [6, 6.07) is 1.49. The Morgan fingerprint density at radius 3 is 2.71 bits per heavy atom. The summed E-state index contributed by atoms with van der Waals surface area (Å²) in [5, 5.41) is 2.80. The van der Waals surface area contributed by atoms with Gasteiger partial charge in [0.05, 0.1) is 10.7 Å². The molecule has 0 aliphatic carbocycles. The minimum absolute atomic E-state index is 0.0451. The third kappa shape index (κ3) is 2.12. The maximum atomic E-state index is 11.5. The summed E-state index contributed by atoms with van der Waals surface area (Å²) in [7, 11) is 0. The maximum absolute atomic E-state index is 11.5. The first-order chi connectivity index (χ1) is 7.99. The molecule has 0 spiro atoms.